The summed E-state index contributed by atoms with van der Waals surface area (Å²) >= 11 is 0. The largest absolute Gasteiger partial charge is 0.550 e. The van der Waals surface area contributed by atoms with Crippen molar-refractivity contribution >= 4 is 29.8 Å². The third kappa shape index (κ3) is 170. The second kappa shape index (κ2) is 94.4. The van der Waals surface area contributed by atoms with E-state index in [2.05, 4.69) is 26.6 Å². The molecule has 0 aromatic rings. The van der Waals surface area contributed by atoms with Crippen LogP contribution in [0.5, 0.6) is 0 Å². The molecule has 420 valence electrons. The van der Waals surface area contributed by atoms with E-state index in [1.807, 2.05) is 0 Å². The van der Waals surface area contributed by atoms with Crippen molar-refractivity contribution in [2.45, 2.75) is 46.5 Å². The molecule has 0 spiro atoms. The standard InChI is InChI=1S/5C6H15NO2.C4H8O2.C4H6O2.C3H4O4.C3H6O2/c5*1-8-5-3-7-4-6-9-2;2*1-2-3-4(5)6;4-2(5)1-3(6)7;1-2-3(4)5/h5*7H,3-6H2,1-2H3;2-3H2,1H3,(H,5,6);2-3H,1H3,(H,5,6);1H2,(H,4,5)(H,6,7);2H2,1H3,(H,4,5). The number of carbonyl (C=O) groups is 5. The first-order valence-electron chi connectivity index (χ1n) is 22.6. The van der Waals surface area contributed by atoms with Crippen molar-refractivity contribution < 1.29 is 123 Å². The third-order valence-electron chi connectivity index (χ3n) is 6.60. The van der Waals surface area contributed by atoms with E-state index in [1.165, 1.54) is 13.0 Å². The van der Waals surface area contributed by atoms with Crippen molar-refractivity contribution in [3.8, 4) is 0 Å². The molecule has 69 heavy (non-hydrogen) atoms. The van der Waals surface area contributed by atoms with Crippen molar-refractivity contribution in [2.24, 2.45) is 0 Å². The van der Waals surface area contributed by atoms with Gasteiger partial charge in [0.05, 0.1) is 137 Å². The number of carboxylic acids is 5. The summed E-state index contributed by atoms with van der Waals surface area (Å²) in [5.74, 6) is -6.35. The number of rotatable bonds is 36. The maximum Gasteiger partial charge on any atom is 0.0993 e. The molecule has 0 saturated carbocycles. The van der Waals surface area contributed by atoms with Crippen LogP contribution in [0.3, 0.4) is 0 Å². The Morgan fingerprint density at radius 3 is 0.594 bits per heavy atom. The van der Waals surface area contributed by atoms with Crippen LogP contribution in [0.25, 0.3) is 0 Å². The van der Waals surface area contributed by atoms with E-state index in [-0.39, 0.29) is 12.8 Å². The van der Waals surface area contributed by atoms with Gasteiger partial charge in [0, 0.05) is 101 Å². The van der Waals surface area contributed by atoms with E-state index in [0.29, 0.717) is 6.42 Å². The zero-order valence-electron chi connectivity index (χ0n) is 44.7. The summed E-state index contributed by atoms with van der Waals surface area (Å²) in [5.41, 5.74) is 0. The summed E-state index contributed by atoms with van der Waals surface area (Å²) in [6, 6.07) is 0. The molecule has 0 bridgehead atoms. The fraction of sp³-hybridized carbons (Fsp3) is 0.841. The van der Waals surface area contributed by atoms with Crippen molar-refractivity contribution in [3.05, 3.63) is 12.2 Å². The lowest BCUT2D eigenvalue weighted by Gasteiger charge is -1.99. The highest BCUT2D eigenvalue weighted by Crippen LogP contribution is 1.79. The Morgan fingerprint density at radius 2 is 0.551 bits per heavy atom. The Morgan fingerprint density at radius 1 is 0.362 bits per heavy atom. The van der Waals surface area contributed by atoms with E-state index in [1.54, 1.807) is 84.9 Å². The molecule has 0 aromatic heterocycles. The number of ether oxygens (including phenoxy) is 10. The van der Waals surface area contributed by atoms with Crippen LogP contribution in [0.4, 0.5) is 0 Å². The monoisotopic (exact) mass is 1020 g/mol. The van der Waals surface area contributed by atoms with Gasteiger partial charge in [0.2, 0.25) is 0 Å². The molecule has 25 heteroatoms. The number of aliphatic carboxylic acids is 5. The van der Waals surface area contributed by atoms with Crippen molar-refractivity contribution in [1.29, 1.82) is 0 Å². The molecule has 0 saturated heterocycles. The average molecular weight is 1020 g/mol. The van der Waals surface area contributed by atoms with Gasteiger partial charge in [-0.15, -0.1) is 0 Å². The van der Waals surface area contributed by atoms with E-state index in [0.717, 1.165) is 138 Å². The SMILES string of the molecule is CC=CC(=O)[O-].CCC(=O)[O-].CCCC(=O)[O-].COCC[NH2+]CCOC.COCC[NH2+]CCOC.COCC[NH2+]CCOC.COCC[NH2+]CCOC.COCC[NH2+]CCOC.O=C([O-])CC(=O)[O-]. The minimum absolute atomic E-state index is 0.111. The normalized spacial score (nSPS) is 9.41. The van der Waals surface area contributed by atoms with Gasteiger partial charge in [-0.05, 0) is 25.8 Å². The number of carbonyl (C=O) groups excluding carboxylic acids is 5. The quantitative estimate of drug-likeness (QED) is 0.0221. The van der Waals surface area contributed by atoms with Crippen molar-refractivity contribution in [2.75, 3.05) is 203 Å². The Bertz CT molecular complexity index is 855. The molecule has 0 radical (unpaired) electrons. The van der Waals surface area contributed by atoms with Gasteiger partial charge in [0.15, 0.2) is 0 Å². The number of nitrogens with two attached hydrogens (primary N) is 5. The molecule has 0 aliphatic heterocycles. The lowest BCUT2D eigenvalue weighted by atomic mass is 10.4. The predicted octanol–water partition coefficient (Wildman–Crippen LogP) is -10.9. The number of hydrogen-bond acceptors (Lipinski definition) is 20. The highest BCUT2D eigenvalue weighted by Gasteiger charge is 1.90. The number of hydrogen-bond donors (Lipinski definition) is 5. The number of quaternary nitrogens is 5. The summed E-state index contributed by atoms with van der Waals surface area (Å²) in [4.78, 5) is 46.7. The average Bonchev–Trinajstić information content (AvgIpc) is 3.30. The van der Waals surface area contributed by atoms with Crippen LogP contribution in [-0.2, 0) is 71.3 Å². The Kier molecular flexibility index (Phi) is 117. The molecule has 0 atom stereocenters. The molecule has 0 aliphatic rings. The minimum Gasteiger partial charge on any atom is -0.550 e. The van der Waals surface area contributed by atoms with Crippen LogP contribution in [-0.4, -0.2) is 232 Å². The molecular formula is C44H99N5O20. The Labute approximate surface area is 413 Å². The second-order valence-electron chi connectivity index (χ2n) is 12.8. The highest BCUT2D eigenvalue weighted by atomic mass is 16.5. The maximum atomic E-state index is 9.49. The first kappa shape index (κ1) is 85.4. The topological polar surface area (TPSA) is 376 Å². The summed E-state index contributed by atoms with van der Waals surface area (Å²) in [5, 5.41) is 57.6. The highest BCUT2D eigenvalue weighted by molar-refractivity contribution is 5.86. The van der Waals surface area contributed by atoms with Crippen molar-refractivity contribution in [3.63, 3.8) is 0 Å². The lowest BCUT2D eigenvalue weighted by molar-refractivity contribution is -0.657. The van der Waals surface area contributed by atoms with E-state index in [4.69, 9.17) is 47.4 Å². The number of carboxylic acid groups (broad SMARTS) is 5. The van der Waals surface area contributed by atoms with Gasteiger partial charge in [-0.2, -0.15) is 0 Å². The molecule has 25 nitrogen and oxygen atoms in total. The zero-order chi connectivity index (χ0) is 54.9. The molecule has 0 rings (SSSR count). The van der Waals surface area contributed by atoms with Crippen LogP contribution in [0, 0.1) is 0 Å². The van der Waals surface area contributed by atoms with Gasteiger partial charge < -0.3 is 123 Å². The Balaban J connectivity index is -0.0000000844. The third-order valence-corrected chi connectivity index (χ3v) is 6.60. The smallest absolute Gasteiger partial charge is 0.0993 e. The summed E-state index contributed by atoms with van der Waals surface area (Å²) < 4.78 is 48.5. The fourth-order valence-corrected chi connectivity index (χ4v) is 3.19. The van der Waals surface area contributed by atoms with Crippen LogP contribution in [0.15, 0.2) is 12.2 Å². The van der Waals surface area contributed by atoms with Crippen LogP contribution >= 0.6 is 0 Å². The predicted molar refractivity (Wildman–Crippen MR) is 247 cm³/mol. The van der Waals surface area contributed by atoms with Gasteiger partial charge in [0.25, 0.3) is 0 Å². The van der Waals surface area contributed by atoms with Gasteiger partial charge in [-0.25, -0.2) is 0 Å². The van der Waals surface area contributed by atoms with Gasteiger partial charge in [-0.3, -0.25) is 0 Å². The van der Waals surface area contributed by atoms with Gasteiger partial charge >= 0.3 is 0 Å². The molecular weight excluding hydrogens is 918 g/mol. The molecule has 0 aromatic carbocycles. The van der Waals surface area contributed by atoms with Gasteiger partial charge in [0.1, 0.15) is 0 Å². The summed E-state index contributed by atoms with van der Waals surface area (Å²) in [6.07, 6.45) is 2.32. The molecule has 0 amide bonds. The molecule has 10 N–H and O–H groups in total. The van der Waals surface area contributed by atoms with Crippen molar-refractivity contribution in [1.82, 2.24) is 0 Å². The van der Waals surface area contributed by atoms with E-state index >= 15 is 0 Å². The molecule has 0 aliphatic carbocycles. The number of methoxy groups -OCH3 is 10. The van der Waals surface area contributed by atoms with Crippen LogP contribution < -0.4 is 52.1 Å². The molecule has 0 fully saturated rings. The molecule has 0 unspecified atom stereocenters. The summed E-state index contributed by atoms with van der Waals surface area (Å²) in [6.45, 7) is 23.5. The fourth-order valence-electron chi connectivity index (χ4n) is 3.19. The van der Waals surface area contributed by atoms with E-state index < -0.39 is 36.3 Å². The number of allylic oxidation sites excluding steroid dienone is 1. The zero-order valence-corrected chi connectivity index (χ0v) is 44.7. The second-order valence-corrected chi connectivity index (χ2v) is 12.8. The first-order chi connectivity index (χ1) is 33.0. The van der Waals surface area contributed by atoms with Gasteiger partial charge in [-0.1, -0.05) is 26.3 Å². The van der Waals surface area contributed by atoms with E-state index in [9.17, 15) is 49.5 Å². The van der Waals surface area contributed by atoms with Crippen LogP contribution in [0.2, 0.25) is 0 Å². The molecule has 0 heterocycles. The van der Waals surface area contributed by atoms with Crippen LogP contribution in [0.1, 0.15) is 46.5 Å². The first-order valence-corrected chi connectivity index (χ1v) is 22.6. The minimum atomic E-state index is -1.63. The lowest BCUT2D eigenvalue weighted by Crippen LogP contribution is -2.86. The summed E-state index contributed by atoms with van der Waals surface area (Å²) in [7, 11) is 17.1. The Hall–Kier alpha value is -3.51. The maximum absolute atomic E-state index is 9.49.